The number of thiophene rings is 1. The van der Waals surface area contributed by atoms with Crippen LogP contribution in [0.25, 0.3) is 0 Å². The number of carboxylic acids is 1. The van der Waals surface area contributed by atoms with Crippen molar-refractivity contribution >= 4 is 39.8 Å². The number of anilines is 2. The van der Waals surface area contributed by atoms with Crippen LogP contribution < -0.4 is 15.4 Å². The lowest BCUT2D eigenvalue weighted by atomic mass is 10.2. The molecule has 0 saturated carbocycles. The van der Waals surface area contributed by atoms with E-state index in [1.807, 2.05) is 6.92 Å². The molecule has 2 rings (SSSR count). The van der Waals surface area contributed by atoms with Crippen LogP contribution in [0.5, 0.6) is 5.75 Å². The number of benzene rings is 1. The zero-order valence-electron chi connectivity index (χ0n) is 13.6. The molecule has 3 N–H and O–H groups in total. The molecule has 2 amide bonds. The molecule has 0 spiro atoms. The fourth-order valence-electron chi connectivity index (χ4n) is 2.04. The minimum absolute atomic E-state index is 0.151. The molecule has 0 fully saturated rings. The number of nitrogens with one attached hydrogen (secondary N) is 2. The van der Waals surface area contributed by atoms with E-state index in [-0.39, 0.29) is 18.7 Å². The highest BCUT2D eigenvalue weighted by atomic mass is 32.1. The average molecular weight is 362 g/mol. The van der Waals surface area contributed by atoms with Crippen molar-refractivity contribution in [2.75, 3.05) is 17.2 Å². The van der Waals surface area contributed by atoms with E-state index < -0.39 is 11.9 Å². The molecule has 7 nitrogen and oxygen atoms in total. The Morgan fingerprint density at radius 1 is 1.12 bits per heavy atom. The third-order valence-electron chi connectivity index (χ3n) is 3.16. The molecule has 1 aromatic heterocycles. The second-order valence-corrected chi connectivity index (χ2v) is 5.90. The van der Waals surface area contributed by atoms with Gasteiger partial charge in [-0.15, -0.1) is 11.3 Å². The van der Waals surface area contributed by atoms with E-state index in [2.05, 4.69) is 10.6 Å². The molecule has 2 aromatic rings. The van der Waals surface area contributed by atoms with Gasteiger partial charge in [-0.1, -0.05) is 12.1 Å². The lowest BCUT2D eigenvalue weighted by Crippen LogP contribution is -2.17. The summed E-state index contributed by atoms with van der Waals surface area (Å²) in [6.45, 7) is 2.32. The maximum absolute atomic E-state index is 12.5. The smallest absolute Gasteiger partial charge is 0.303 e. The third kappa shape index (κ3) is 5.32. The molecule has 0 atom stereocenters. The first-order valence-electron chi connectivity index (χ1n) is 7.63. The first-order valence-corrected chi connectivity index (χ1v) is 8.51. The van der Waals surface area contributed by atoms with Crippen LogP contribution in [0.4, 0.5) is 10.7 Å². The summed E-state index contributed by atoms with van der Waals surface area (Å²) in [6, 6.07) is 8.65. The highest BCUT2D eigenvalue weighted by Gasteiger charge is 2.17. The predicted molar refractivity (Wildman–Crippen MR) is 95.4 cm³/mol. The number of carbonyl (C=O) groups excluding carboxylic acids is 2. The van der Waals surface area contributed by atoms with Crippen molar-refractivity contribution in [3.05, 3.63) is 41.3 Å². The predicted octanol–water partition coefficient (Wildman–Crippen LogP) is 3.20. The normalized spacial score (nSPS) is 10.1. The second kappa shape index (κ2) is 8.84. The Labute approximate surface area is 148 Å². The Morgan fingerprint density at radius 3 is 2.60 bits per heavy atom. The Kier molecular flexibility index (Phi) is 6.53. The lowest BCUT2D eigenvalue weighted by Gasteiger charge is -2.11. The van der Waals surface area contributed by atoms with Gasteiger partial charge in [0.2, 0.25) is 5.91 Å². The first kappa shape index (κ1) is 18.5. The highest BCUT2D eigenvalue weighted by Crippen LogP contribution is 2.28. The minimum Gasteiger partial charge on any atom is -0.492 e. The van der Waals surface area contributed by atoms with Crippen molar-refractivity contribution in [3.8, 4) is 5.75 Å². The third-order valence-corrected chi connectivity index (χ3v) is 3.99. The SMILES string of the molecule is CCOc1ccccc1NC(=O)c1ccsc1NC(=O)CCC(=O)O. The molecule has 0 aliphatic rings. The standard InChI is InChI=1S/C17H18N2O5S/c1-2-24-13-6-4-3-5-12(13)18-16(23)11-9-10-25-17(11)19-14(20)7-8-15(21)22/h3-6,9-10H,2,7-8H2,1H3,(H,18,23)(H,19,20)(H,21,22). The van der Waals surface area contributed by atoms with Crippen LogP contribution in [-0.4, -0.2) is 29.5 Å². The van der Waals surface area contributed by atoms with E-state index in [0.29, 0.717) is 28.6 Å². The number of ether oxygens (including phenoxy) is 1. The summed E-state index contributed by atoms with van der Waals surface area (Å²) < 4.78 is 5.47. The number of hydrogen-bond donors (Lipinski definition) is 3. The number of amides is 2. The van der Waals surface area contributed by atoms with Crippen LogP contribution >= 0.6 is 11.3 Å². The molecule has 0 bridgehead atoms. The number of para-hydroxylation sites is 2. The Balaban J connectivity index is 2.07. The van der Waals surface area contributed by atoms with Crippen molar-refractivity contribution in [2.45, 2.75) is 19.8 Å². The van der Waals surface area contributed by atoms with Gasteiger partial charge in [0, 0.05) is 6.42 Å². The van der Waals surface area contributed by atoms with Crippen LogP contribution in [0.2, 0.25) is 0 Å². The Morgan fingerprint density at radius 2 is 1.88 bits per heavy atom. The molecular weight excluding hydrogens is 344 g/mol. The minimum atomic E-state index is -1.05. The van der Waals surface area contributed by atoms with Crippen molar-refractivity contribution in [1.82, 2.24) is 0 Å². The van der Waals surface area contributed by atoms with Gasteiger partial charge in [-0.05, 0) is 30.5 Å². The number of carboxylic acid groups (broad SMARTS) is 1. The van der Waals surface area contributed by atoms with Gasteiger partial charge < -0.3 is 20.5 Å². The van der Waals surface area contributed by atoms with E-state index in [9.17, 15) is 14.4 Å². The summed E-state index contributed by atoms with van der Waals surface area (Å²) in [5, 5.41) is 16.0. The maximum Gasteiger partial charge on any atom is 0.303 e. The van der Waals surface area contributed by atoms with Gasteiger partial charge in [0.05, 0.1) is 24.3 Å². The molecule has 0 saturated heterocycles. The van der Waals surface area contributed by atoms with Crippen molar-refractivity contribution in [2.24, 2.45) is 0 Å². The average Bonchev–Trinajstić information content (AvgIpc) is 3.03. The quantitative estimate of drug-likeness (QED) is 0.669. The number of rotatable bonds is 8. The molecule has 1 heterocycles. The van der Waals surface area contributed by atoms with Gasteiger partial charge in [-0.2, -0.15) is 0 Å². The topological polar surface area (TPSA) is 105 Å². The van der Waals surface area contributed by atoms with Gasteiger partial charge in [0.25, 0.3) is 5.91 Å². The summed E-state index contributed by atoms with van der Waals surface area (Å²) in [5.41, 5.74) is 0.837. The van der Waals surface area contributed by atoms with Crippen LogP contribution in [0, 0.1) is 0 Å². The largest absolute Gasteiger partial charge is 0.492 e. The summed E-state index contributed by atoms with van der Waals surface area (Å²) in [6.07, 6.45) is -0.415. The molecule has 1 aromatic carbocycles. The monoisotopic (exact) mass is 362 g/mol. The summed E-state index contributed by atoms with van der Waals surface area (Å²) >= 11 is 1.19. The van der Waals surface area contributed by atoms with Gasteiger partial charge in [0.1, 0.15) is 10.8 Å². The Hall–Kier alpha value is -2.87. The molecule has 0 aliphatic carbocycles. The highest BCUT2D eigenvalue weighted by molar-refractivity contribution is 7.14. The van der Waals surface area contributed by atoms with Gasteiger partial charge in [-0.3, -0.25) is 14.4 Å². The molecule has 8 heteroatoms. The summed E-state index contributed by atoms with van der Waals surface area (Å²) in [7, 11) is 0. The lowest BCUT2D eigenvalue weighted by molar-refractivity contribution is -0.138. The molecular formula is C17H18N2O5S. The van der Waals surface area contributed by atoms with Crippen molar-refractivity contribution < 1.29 is 24.2 Å². The molecule has 25 heavy (non-hydrogen) atoms. The maximum atomic E-state index is 12.5. The van der Waals surface area contributed by atoms with Crippen molar-refractivity contribution in [1.29, 1.82) is 0 Å². The zero-order valence-corrected chi connectivity index (χ0v) is 14.4. The van der Waals surface area contributed by atoms with E-state index >= 15 is 0 Å². The second-order valence-electron chi connectivity index (χ2n) is 4.99. The van der Waals surface area contributed by atoms with Crippen LogP contribution in [0.1, 0.15) is 30.1 Å². The molecule has 0 radical (unpaired) electrons. The van der Waals surface area contributed by atoms with E-state index in [0.717, 1.165) is 0 Å². The van der Waals surface area contributed by atoms with E-state index in [4.69, 9.17) is 9.84 Å². The number of hydrogen-bond acceptors (Lipinski definition) is 5. The molecule has 0 unspecified atom stereocenters. The van der Waals surface area contributed by atoms with Gasteiger partial charge >= 0.3 is 5.97 Å². The van der Waals surface area contributed by atoms with Gasteiger partial charge in [-0.25, -0.2) is 0 Å². The summed E-state index contributed by atoms with van der Waals surface area (Å²) in [4.78, 5) is 34.8. The van der Waals surface area contributed by atoms with E-state index in [1.54, 1.807) is 35.7 Å². The molecule has 132 valence electrons. The fourth-order valence-corrected chi connectivity index (χ4v) is 2.84. The van der Waals surface area contributed by atoms with Crippen LogP contribution in [-0.2, 0) is 9.59 Å². The number of aliphatic carboxylic acids is 1. The molecule has 0 aliphatic heterocycles. The van der Waals surface area contributed by atoms with E-state index in [1.165, 1.54) is 11.3 Å². The number of carbonyl (C=O) groups is 3. The fraction of sp³-hybridized carbons (Fsp3) is 0.235. The first-order chi connectivity index (χ1) is 12.0. The Bertz CT molecular complexity index is 772. The van der Waals surface area contributed by atoms with Crippen LogP contribution in [0.3, 0.4) is 0 Å². The van der Waals surface area contributed by atoms with Crippen molar-refractivity contribution in [3.63, 3.8) is 0 Å². The van der Waals surface area contributed by atoms with Crippen LogP contribution in [0.15, 0.2) is 35.7 Å². The zero-order chi connectivity index (χ0) is 18.2. The van der Waals surface area contributed by atoms with Gasteiger partial charge in [0.15, 0.2) is 0 Å². The summed E-state index contributed by atoms with van der Waals surface area (Å²) in [5.74, 6) is -1.33.